The van der Waals surface area contributed by atoms with Gasteiger partial charge in [0.25, 0.3) is 5.91 Å². The highest BCUT2D eigenvalue weighted by Crippen LogP contribution is 2.42. The number of hydrogen-bond acceptors (Lipinski definition) is 5. The van der Waals surface area contributed by atoms with E-state index in [4.69, 9.17) is 0 Å². The lowest BCUT2D eigenvalue weighted by Crippen LogP contribution is -2.38. The van der Waals surface area contributed by atoms with Crippen LogP contribution in [0.5, 0.6) is 0 Å². The van der Waals surface area contributed by atoms with Crippen LogP contribution in [0.4, 0.5) is 22.0 Å². The first-order valence-electron chi connectivity index (χ1n) is 13.3. The summed E-state index contributed by atoms with van der Waals surface area (Å²) in [5.41, 5.74) is 1.23. The molecule has 0 spiro atoms. The van der Waals surface area contributed by atoms with E-state index in [1.807, 2.05) is 0 Å². The van der Waals surface area contributed by atoms with Gasteiger partial charge >= 0.3 is 6.18 Å². The predicted molar refractivity (Wildman–Crippen MR) is 132 cm³/mol. The summed E-state index contributed by atoms with van der Waals surface area (Å²) in [4.78, 5) is 34.5. The third-order valence-electron chi connectivity index (χ3n) is 7.62. The second kappa shape index (κ2) is 10.8. The molecule has 0 saturated heterocycles. The van der Waals surface area contributed by atoms with Gasteiger partial charge in [-0.3, -0.25) is 18.7 Å². The van der Waals surface area contributed by atoms with Crippen molar-refractivity contribution in [3.05, 3.63) is 47.8 Å². The Morgan fingerprint density at radius 2 is 1.68 bits per heavy atom. The Labute approximate surface area is 226 Å². The molecular weight excluding hydrogens is 537 g/mol. The molecule has 40 heavy (non-hydrogen) atoms. The van der Waals surface area contributed by atoms with Crippen LogP contribution in [-0.2, 0) is 11.8 Å². The summed E-state index contributed by atoms with van der Waals surface area (Å²) in [5.74, 6) is -3.81. The molecule has 0 aliphatic heterocycles. The van der Waals surface area contributed by atoms with Gasteiger partial charge in [0.2, 0.25) is 17.6 Å². The highest BCUT2D eigenvalue weighted by Gasteiger charge is 2.40. The van der Waals surface area contributed by atoms with Crippen molar-refractivity contribution < 1.29 is 31.5 Å². The Kier molecular flexibility index (Phi) is 7.53. The third kappa shape index (κ3) is 6.58. The number of carbonyl (C=O) groups is 2. The second-order valence-corrected chi connectivity index (χ2v) is 10.7. The SMILES string of the molecule is Cn1nccc1C(=O)N[C@H](c1cn2ccc([C@H](NC(=O)CCC(F)(F)F)C3CC3)nc2n1)C1CCC(F)(F)CC1. The zero-order valence-corrected chi connectivity index (χ0v) is 21.8. The maximum atomic E-state index is 13.9. The topological polar surface area (TPSA) is 106 Å². The van der Waals surface area contributed by atoms with Crippen molar-refractivity contribution in [1.82, 2.24) is 34.8 Å². The fourth-order valence-corrected chi connectivity index (χ4v) is 5.23. The number of nitrogens with one attached hydrogen (secondary N) is 2. The molecule has 14 heteroatoms. The number of nitrogens with zero attached hydrogens (tertiary/aromatic N) is 5. The van der Waals surface area contributed by atoms with E-state index in [-0.39, 0.29) is 43.3 Å². The molecule has 3 heterocycles. The van der Waals surface area contributed by atoms with E-state index >= 15 is 0 Å². The van der Waals surface area contributed by atoms with Crippen LogP contribution in [0, 0.1) is 11.8 Å². The van der Waals surface area contributed by atoms with Gasteiger partial charge in [0.05, 0.1) is 29.9 Å². The molecule has 2 fully saturated rings. The minimum Gasteiger partial charge on any atom is -0.347 e. The van der Waals surface area contributed by atoms with Crippen LogP contribution in [0.3, 0.4) is 0 Å². The zero-order valence-electron chi connectivity index (χ0n) is 21.8. The summed E-state index contributed by atoms with van der Waals surface area (Å²) in [7, 11) is 1.62. The van der Waals surface area contributed by atoms with Crippen LogP contribution in [0.25, 0.3) is 5.78 Å². The van der Waals surface area contributed by atoms with Gasteiger partial charge in [-0.15, -0.1) is 0 Å². The van der Waals surface area contributed by atoms with E-state index in [1.165, 1.54) is 10.9 Å². The lowest BCUT2D eigenvalue weighted by atomic mass is 9.81. The number of aryl methyl sites for hydroxylation is 1. The normalized spacial score (nSPS) is 19.4. The summed E-state index contributed by atoms with van der Waals surface area (Å²) >= 11 is 0. The van der Waals surface area contributed by atoms with Gasteiger partial charge < -0.3 is 10.6 Å². The van der Waals surface area contributed by atoms with E-state index in [0.717, 1.165) is 12.8 Å². The number of rotatable bonds is 9. The van der Waals surface area contributed by atoms with E-state index in [9.17, 15) is 31.5 Å². The van der Waals surface area contributed by atoms with Gasteiger partial charge in [0.1, 0.15) is 5.69 Å². The van der Waals surface area contributed by atoms with Gasteiger partial charge in [0.15, 0.2) is 0 Å². The van der Waals surface area contributed by atoms with Crippen LogP contribution >= 0.6 is 0 Å². The third-order valence-corrected chi connectivity index (χ3v) is 7.62. The molecule has 3 aromatic rings. The summed E-state index contributed by atoms with van der Waals surface area (Å²) in [6, 6.07) is 2.02. The molecular formula is C26H30F5N7O2. The monoisotopic (exact) mass is 567 g/mol. The molecule has 9 nitrogen and oxygen atoms in total. The molecule has 0 aromatic carbocycles. The molecule has 216 valence electrons. The molecule has 0 bridgehead atoms. The van der Waals surface area contributed by atoms with Crippen molar-refractivity contribution in [2.45, 2.75) is 75.5 Å². The fourth-order valence-electron chi connectivity index (χ4n) is 5.23. The number of aromatic nitrogens is 5. The first kappa shape index (κ1) is 28.0. The summed E-state index contributed by atoms with van der Waals surface area (Å²) in [6.07, 6.45) is -0.00491. The number of carbonyl (C=O) groups excluding carboxylic acids is 2. The Bertz CT molecular complexity index is 1370. The van der Waals surface area contributed by atoms with Crippen molar-refractivity contribution in [3.63, 3.8) is 0 Å². The minimum atomic E-state index is -4.42. The van der Waals surface area contributed by atoms with E-state index in [0.29, 0.717) is 17.1 Å². The van der Waals surface area contributed by atoms with E-state index in [2.05, 4.69) is 25.7 Å². The van der Waals surface area contributed by atoms with Crippen molar-refractivity contribution in [2.24, 2.45) is 18.9 Å². The number of fused-ring (bicyclic) bond motifs is 1. The number of amides is 2. The van der Waals surface area contributed by atoms with Crippen molar-refractivity contribution in [2.75, 3.05) is 0 Å². The lowest BCUT2D eigenvalue weighted by molar-refractivity contribution is -0.144. The number of halogens is 5. The van der Waals surface area contributed by atoms with Crippen LogP contribution in [0.15, 0.2) is 30.7 Å². The van der Waals surface area contributed by atoms with Gasteiger partial charge in [0, 0.05) is 44.9 Å². The van der Waals surface area contributed by atoms with Crippen LogP contribution in [0.1, 0.15) is 85.3 Å². The zero-order chi connectivity index (χ0) is 28.7. The van der Waals surface area contributed by atoms with Gasteiger partial charge in [-0.2, -0.15) is 18.3 Å². The number of alkyl halides is 5. The summed E-state index contributed by atoms with van der Waals surface area (Å²) < 4.78 is 68.6. The molecule has 2 aliphatic rings. The molecule has 5 rings (SSSR count). The second-order valence-electron chi connectivity index (χ2n) is 10.7. The van der Waals surface area contributed by atoms with E-state index < -0.39 is 48.8 Å². The first-order valence-corrected chi connectivity index (χ1v) is 13.3. The molecule has 0 radical (unpaired) electrons. The van der Waals surface area contributed by atoms with Gasteiger partial charge in [-0.25, -0.2) is 18.7 Å². The number of imidazole rings is 1. The predicted octanol–water partition coefficient (Wildman–Crippen LogP) is 4.67. The Morgan fingerprint density at radius 1 is 1.02 bits per heavy atom. The summed E-state index contributed by atoms with van der Waals surface area (Å²) in [6.45, 7) is 0. The van der Waals surface area contributed by atoms with Crippen molar-refractivity contribution >= 4 is 17.6 Å². The maximum absolute atomic E-state index is 13.9. The minimum absolute atomic E-state index is 0.0639. The quantitative estimate of drug-likeness (QED) is 0.366. The smallest absolute Gasteiger partial charge is 0.347 e. The molecule has 3 aromatic heterocycles. The number of hydrogen-bond donors (Lipinski definition) is 2. The standard InChI is InChI=1S/C26H30F5N7O2/c1-37-19(7-12-32-37)23(40)36-22(16-4-9-25(27,28)10-5-16)18-14-38-13-8-17(33-24(38)34-18)21(15-2-3-15)35-20(39)6-11-26(29,30)31/h7-8,12-16,21-22H,2-6,9-11H2,1H3,(H,35,39)(H,36,40)/t21-,22+/m1/s1. The average molecular weight is 568 g/mol. The Balaban J connectivity index is 1.39. The molecule has 0 unspecified atom stereocenters. The molecule has 2 amide bonds. The van der Waals surface area contributed by atoms with Gasteiger partial charge in [-0.05, 0) is 49.7 Å². The highest BCUT2D eigenvalue weighted by molar-refractivity contribution is 5.92. The molecule has 2 aliphatic carbocycles. The van der Waals surface area contributed by atoms with Crippen LogP contribution in [0.2, 0.25) is 0 Å². The van der Waals surface area contributed by atoms with Crippen molar-refractivity contribution in [1.29, 1.82) is 0 Å². The molecule has 2 N–H and O–H groups in total. The molecule has 2 saturated carbocycles. The van der Waals surface area contributed by atoms with E-state index in [1.54, 1.807) is 36.0 Å². The highest BCUT2D eigenvalue weighted by atomic mass is 19.4. The Hall–Kier alpha value is -3.58. The maximum Gasteiger partial charge on any atom is 0.389 e. The summed E-state index contributed by atoms with van der Waals surface area (Å²) in [5, 5.41) is 9.66. The Morgan fingerprint density at radius 3 is 2.30 bits per heavy atom. The van der Waals surface area contributed by atoms with Crippen LogP contribution < -0.4 is 10.6 Å². The largest absolute Gasteiger partial charge is 0.389 e. The van der Waals surface area contributed by atoms with Crippen LogP contribution in [-0.4, -0.2) is 48.1 Å². The van der Waals surface area contributed by atoms with Crippen molar-refractivity contribution in [3.8, 4) is 0 Å². The molecule has 2 atom stereocenters. The first-order chi connectivity index (χ1) is 18.9. The lowest BCUT2D eigenvalue weighted by Gasteiger charge is -2.33. The average Bonchev–Trinajstić information content (AvgIpc) is 3.49. The fraction of sp³-hybridized carbons (Fsp3) is 0.577. The van der Waals surface area contributed by atoms with Gasteiger partial charge in [-0.1, -0.05) is 0 Å².